The van der Waals surface area contributed by atoms with Crippen molar-refractivity contribution in [3.8, 4) is 34.4 Å². The number of imidazole rings is 1. The molecule has 0 bridgehead atoms. The van der Waals surface area contributed by atoms with E-state index in [4.69, 9.17) is 9.97 Å². The van der Waals surface area contributed by atoms with E-state index in [1.165, 1.54) is 4.90 Å². The molecule has 1 unspecified atom stereocenters. The first-order valence-corrected chi connectivity index (χ1v) is 19.0. The SMILES string of the molecule is CC(=O)N1CCn2c(C3CC3)nc(-c3cccc4cc(-c5ccc(C(=O)NCCC#Cc6cccc7c6CN(C6CCC(=O)NC6=O)C7=O)nc5)ncc34)c2C1. The summed E-state index contributed by atoms with van der Waals surface area (Å²) in [5.41, 5.74) is 6.72. The number of rotatable bonds is 7. The van der Waals surface area contributed by atoms with Crippen LogP contribution in [-0.2, 0) is 34.0 Å². The van der Waals surface area contributed by atoms with Gasteiger partial charge < -0.3 is 19.7 Å². The third-order valence-electron chi connectivity index (χ3n) is 11.1. The van der Waals surface area contributed by atoms with Crippen molar-refractivity contribution in [3.63, 3.8) is 0 Å². The first-order chi connectivity index (χ1) is 27.2. The predicted molar refractivity (Wildman–Crippen MR) is 206 cm³/mol. The van der Waals surface area contributed by atoms with Gasteiger partial charge in [0.2, 0.25) is 17.7 Å². The lowest BCUT2D eigenvalue weighted by Gasteiger charge is -2.29. The highest BCUT2D eigenvalue weighted by Crippen LogP contribution is 2.43. The molecular formula is C43H38N8O5. The molecule has 1 atom stereocenters. The molecule has 0 radical (unpaired) electrons. The van der Waals surface area contributed by atoms with Gasteiger partial charge in [0, 0.05) is 91.9 Å². The third kappa shape index (κ3) is 6.46. The number of fused-ring (bicyclic) bond motifs is 3. The van der Waals surface area contributed by atoms with Gasteiger partial charge >= 0.3 is 0 Å². The predicted octanol–water partition coefficient (Wildman–Crippen LogP) is 4.33. The number of nitrogens with zero attached hydrogens (tertiary/aromatic N) is 6. The molecule has 13 nitrogen and oxygen atoms in total. The Morgan fingerprint density at radius 3 is 2.57 bits per heavy atom. The average Bonchev–Trinajstić information content (AvgIpc) is 3.91. The number of hydrogen-bond acceptors (Lipinski definition) is 8. The second-order valence-electron chi connectivity index (χ2n) is 14.7. The summed E-state index contributed by atoms with van der Waals surface area (Å²) < 4.78 is 2.32. The number of imide groups is 1. The van der Waals surface area contributed by atoms with E-state index in [1.807, 2.05) is 35.4 Å². The van der Waals surface area contributed by atoms with Crippen LogP contribution in [0, 0.1) is 11.8 Å². The van der Waals surface area contributed by atoms with Crippen molar-refractivity contribution in [1.29, 1.82) is 0 Å². The molecule has 3 aliphatic heterocycles. The Labute approximate surface area is 322 Å². The van der Waals surface area contributed by atoms with E-state index in [-0.39, 0.29) is 42.3 Å². The van der Waals surface area contributed by atoms with Gasteiger partial charge in [0.1, 0.15) is 17.6 Å². The van der Waals surface area contributed by atoms with Crippen LogP contribution in [0.15, 0.2) is 67.0 Å². The van der Waals surface area contributed by atoms with Gasteiger partial charge in [-0.1, -0.05) is 36.1 Å². The lowest BCUT2D eigenvalue weighted by atomic mass is 10.0. The summed E-state index contributed by atoms with van der Waals surface area (Å²) in [7, 11) is 0. The van der Waals surface area contributed by atoms with Crippen molar-refractivity contribution in [1.82, 2.24) is 40.0 Å². The molecule has 2 fully saturated rings. The molecule has 9 rings (SSSR count). The summed E-state index contributed by atoms with van der Waals surface area (Å²) in [5.74, 6) is 6.53. The highest BCUT2D eigenvalue weighted by atomic mass is 16.2. The maximum atomic E-state index is 13.1. The normalized spacial score (nSPS) is 17.6. The second-order valence-corrected chi connectivity index (χ2v) is 14.7. The van der Waals surface area contributed by atoms with E-state index in [2.05, 4.69) is 44.2 Å². The largest absolute Gasteiger partial charge is 0.350 e. The minimum atomic E-state index is -0.690. The van der Waals surface area contributed by atoms with Gasteiger partial charge in [-0.3, -0.25) is 39.3 Å². The maximum Gasteiger partial charge on any atom is 0.269 e. The molecule has 6 heterocycles. The highest BCUT2D eigenvalue weighted by Gasteiger charge is 2.40. The summed E-state index contributed by atoms with van der Waals surface area (Å²) >= 11 is 0. The molecule has 5 aromatic rings. The van der Waals surface area contributed by atoms with E-state index in [0.29, 0.717) is 49.5 Å². The zero-order valence-electron chi connectivity index (χ0n) is 30.8. The zero-order chi connectivity index (χ0) is 38.5. The molecule has 56 heavy (non-hydrogen) atoms. The molecule has 280 valence electrons. The number of piperidine rings is 1. The van der Waals surface area contributed by atoms with Crippen LogP contribution >= 0.6 is 0 Å². The molecule has 1 aliphatic carbocycles. The van der Waals surface area contributed by atoms with Crippen molar-refractivity contribution in [2.75, 3.05) is 13.1 Å². The topological polar surface area (TPSA) is 159 Å². The number of aromatic nitrogens is 4. The quantitative estimate of drug-likeness (QED) is 0.142. The number of benzene rings is 2. The van der Waals surface area contributed by atoms with Gasteiger partial charge in [-0.05, 0) is 60.5 Å². The summed E-state index contributed by atoms with van der Waals surface area (Å²) in [6.45, 7) is 4.16. The molecule has 2 aromatic carbocycles. The van der Waals surface area contributed by atoms with Crippen LogP contribution in [-0.4, -0.2) is 78.0 Å². The first kappa shape index (κ1) is 35.0. The van der Waals surface area contributed by atoms with Gasteiger partial charge in [0.15, 0.2) is 0 Å². The Kier molecular flexibility index (Phi) is 8.88. The third-order valence-corrected chi connectivity index (χ3v) is 11.1. The van der Waals surface area contributed by atoms with E-state index < -0.39 is 11.9 Å². The number of carbonyl (C=O) groups is 5. The number of hydrogen-bond donors (Lipinski definition) is 2. The number of nitrogens with one attached hydrogen (secondary N) is 2. The van der Waals surface area contributed by atoms with Crippen molar-refractivity contribution in [2.45, 2.75) is 70.6 Å². The van der Waals surface area contributed by atoms with Crippen LogP contribution in [0.1, 0.15) is 88.4 Å². The van der Waals surface area contributed by atoms with Gasteiger partial charge in [-0.25, -0.2) is 4.98 Å². The van der Waals surface area contributed by atoms with Crippen LogP contribution in [0.3, 0.4) is 0 Å². The van der Waals surface area contributed by atoms with Crippen molar-refractivity contribution >= 4 is 40.3 Å². The Hall–Kier alpha value is -6.68. The minimum Gasteiger partial charge on any atom is -0.350 e. The van der Waals surface area contributed by atoms with Crippen LogP contribution in [0.2, 0.25) is 0 Å². The van der Waals surface area contributed by atoms with Gasteiger partial charge in [0.25, 0.3) is 11.8 Å². The van der Waals surface area contributed by atoms with Gasteiger partial charge in [-0.2, -0.15) is 0 Å². The van der Waals surface area contributed by atoms with E-state index in [9.17, 15) is 24.0 Å². The molecule has 2 N–H and O–H groups in total. The molecule has 0 spiro atoms. The van der Waals surface area contributed by atoms with Crippen molar-refractivity contribution in [2.24, 2.45) is 0 Å². The summed E-state index contributed by atoms with van der Waals surface area (Å²) in [6.07, 6.45) is 6.67. The lowest BCUT2D eigenvalue weighted by Crippen LogP contribution is -2.52. The van der Waals surface area contributed by atoms with Gasteiger partial charge in [0.05, 0.1) is 23.6 Å². The average molecular weight is 747 g/mol. The molecule has 5 amide bonds. The standard InChI is InChI=1S/C43H38N8O5/c1-25(52)49-18-19-50-37(24-49)39(48-40(50)27-11-12-27)30-9-5-8-28-20-35(46-22-32(28)30)29-13-14-34(45-21-29)41(54)44-17-3-2-6-26-7-4-10-31-33(26)23-51(43(31)56)36-15-16-38(53)47-42(36)55/h4-5,7-10,13-14,20-22,27,36H,3,11-12,15-19,23-24H2,1H3,(H,44,54)(H,47,53,55). The monoisotopic (exact) mass is 746 g/mol. The van der Waals surface area contributed by atoms with Gasteiger partial charge in [-0.15, -0.1) is 0 Å². The van der Waals surface area contributed by atoms with E-state index in [1.54, 1.807) is 31.3 Å². The fourth-order valence-electron chi connectivity index (χ4n) is 7.94. The van der Waals surface area contributed by atoms with Crippen LogP contribution in [0.25, 0.3) is 33.3 Å². The minimum absolute atomic E-state index is 0.0675. The smallest absolute Gasteiger partial charge is 0.269 e. The fraction of sp³-hybridized carbons (Fsp3) is 0.302. The maximum absolute atomic E-state index is 13.1. The molecule has 13 heteroatoms. The van der Waals surface area contributed by atoms with Crippen LogP contribution in [0.4, 0.5) is 0 Å². The summed E-state index contributed by atoms with van der Waals surface area (Å²) in [5, 5.41) is 7.17. The highest BCUT2D eigenvalue weighted by molar-refractivity contribution is 6.05. The van der Waals surface area contributed by atoms with Crippen LogP contribution in [0.5, 0.6) is 0 Å². The molecule has 1 saturated heterocycles. The second kappa shape index (κ2) is 14.2. The lowest BCUT2D eigenvalue weighted by molar-refractivity contribution is -0.137. The molecular weight excluding hydrogens is 709 g/mol. The zero-order valence-corrected chi connectivity index (χ0v) is 30.8. The Balaban J connectivity index is 0.848. The molecule has 3 aromatic heterocycles. The Morgan fingerprint density at radius 1 is 0.946 bits per heavy atom. The summed E-state index contributed by atoms with van der Waals surface area (Å²) in [6, 6.07) is 16.3. The Bertz CT molecular complexity index is 2540. The van der Waals surface area contributed by atoms with E-state index in [0.717, 1.165) is 69.8 Å². The summed E-state index contributed by atoms with van der Waals surface area (Å²) in [4.78, 5) is 80.1. The molecule has 4 aliphatic rings. The number of pyridine rings is 2. The van der Waals surface area contributed by atoms with E-state index >= 15 is 0 Å². The van der Waals surface area contributed by atoms with Crippen LogP contribution < -0.4 is 10.6 Å². The molecule has 1 saturated carbocycles. The number of amides is 5. The Morgan fingerprint density at radius 2 is 1.79 bits per heavy atom. The van der Waals surface area contributed by atoms with Crippen molar-refractivity contribution < 1.29 is 24.0 Å². The van der Waals surface area contributed by atoms with Crippen molar-refractivity contribution in [3.05, 3.63) is 101 Å². The fourth-order valence-corrected chi connectivity index (χ4v) is 7.94. The number of carbonyl (C=O) groups excluding carboxylic acids is 5. The first-order valence-electron chi connectivity index (χ1n) is 19.0.